The maximum Gasteiger partial charge on any atom is 0.312 e. The Morgan fingerprint density at radius 1 is 1.11 bits per heavy atom. The maximum absolute atomic E-state index is 12.5. The van der Waals surface area contributed by atoms with E-state index in [9.17, 15) is 14.7 Å². The van der Waals surface area contributed by atoms with Gasteiger partial charge < -0.3 is 19.9 Å². The quantitative estimate of drug-likeness (QED) is 0.727. The molecule has 2 aromatic carbocycles. The molecule has 148 valence electrons. The molecule has 1 atom stereocenters. The van der Waals surface area contributed by atoms with Gasteiger partial charge in [-0.1, -0.05) is 30.3 Å². The smallest absolute Gasteiger partial charge is 0.312 e. The lowest BCUT2D eigenvalue weighted by Gasteiger charge is -2.17. The third kappa shape index (κ3) is 4.82. The van der Waals surface area contributed by atoms with Crippen molar-refractivity contribution in [2.24, 2.45) is 0 Å². The molecule has 1 aliphatic carbocycles. The zero-order valence-corrected chi connectivity index (χ0v) is 15.9. The first kappa shape index (κ1) is 19.7. The highest BCUT2D eigenvalue weighted by molar-refractivity contribution is 5.95. The average molecular weight is 383 g/mol. The third-order valence-electron chi connectivity index (χ3n) is 4.99. The third-order valence-corrected chi connectivity index (χ3v) is 4.99. The standard InChI is InChI=1S/C22H25NO5/c1-27-20-13-16(11-12-19(20)28-17-9-5-6-10-17)21(24)23-14-18(22(25)26)15-7-3-2-4-8-15/h2-4,7-8,11-13,17-18H,5-6,9-10,14H2,1H3,(H,23,24)(H,25,26). The van der Waals surface area contributed by atoms with E-state index in [4.69, 9.17) is 9.47 Å². The van der Waals surface area contributed by atoms with Crippen LogP contribution in [0.4, 0.5) is 0 Å². The van der Waals surface area contributed by atoms with E-state index in [-0.39, 0.29) is 18.6 Å². The lowest BCUT2D eigenvalue weighted by molar-refractivity contribution is -0.138. The van der Waals surface area contributed by atoms with Crippen LogP contribution in [-0.2, 0) is 4.79 Å². The van der Waals surface area contributed by atoms with Gasteiger partial charge in [-0.15, -0.1) is 0 Å². The molecular formula is C22H25NO5. The Balaban J connectivity index is 1.67. The van der Waals surface area contributed by atoms with Gasteiger partial charge in [0.1, 0.15) is 0 Å². The Morgan fingerprint density at radius 3 is 2.46 bits per heavy atom. The Kier molecular flexibility index (Phi) is 6.53. The fourth-order valence-electron chi connectivity index (χ4n) is 3.42. The van der Waals surface area contributed by atoms with Crippen LogP contribution in [0.3, 0.4) is 0 Å². The molecule has 6 heteroatoms. The molecular weight excluding hydrogens is 358 g/mol. The number of nitrogens with one attached hydrogen (secondary N) is 1. The number of ether oxygens (including phenoxy) is 2. The van der Waals surface area contributed by atoms with Crippen molar-refractivity contribution in [2.45, 2.75) is 37.7 Å². The van der Waals surface area contributed by atoms with Crippen LogP contribution in [0.1, 0.15) is 47.5 Å². The number of hydrogen-bond donors (Lipinski definition) is 2. The fourth-order valence-corrected chi connectivity index (χ4v) is 3.42. The van der Waals surface area contributed by atoms with E-state index >= 15 is 0 Å². The first-order chi connectivity index (χ1) is 13.6. The van der Waals surface area contributed by atoms with Gasteiger partial charge in [-0.05, 0) is 49.4 Å². The van der Waals surface area contributed by atoms with Gasteiger partial charge in [-0.2, -0.15) is 0 Å². The van der Waals surface area contributed by atoms with Crippen molar-refractivity contribution in [3.8, 4) is 11.5 Å². The number of aliphatic carboxylic acids is 1. The Hall–Kier alpha value is -3.02. The highest BCUT2D eigenvalue weighted by atomic mass is 16.5. The summed E-state index contributed by atoms with van der Waals surface area (Å²) < 4.78 is 11.4. The van der Waals surface area contributed by atoms with E-state index in [2.05, 4.69) is 5.32 Å². The zero-order chi connectivity index (χ0) is 19.9. The molecule has 3 rings (SSSR count). The molecule has 0 radical (unpaired) electrons. The van der Waals surface area contributed by atoms with Crippen LogP contribution in [0.25, 0.3) is 0 Å². The summed E-state index contributed by atoms with van der Waals surface area (Å²) in [6.07, 6.45) is 4.58. The molecule has 0 aromatic heterocycles. The second kappa shape index (κ2) is 9.26. The number of carboxylic acids is 1. The van der Waals surface area contributed by atoms with Gasteiger partial charge in [0.05, 0.1) is 19.1 Å². The molecule has 2 aromatic rings. The van der Waals surface area contributed by atoms with Gasteiger partial charge in [0.15, 0.2) is 11.5 Å². The molecule has 28 heavy (non-hydrogen) atoms. The predicted molar refractivity (Wildman–Crippen MR) is 105 cm³/mol. The van der Waals surface area contributed by atoms with E-state index in [0.29, 0.717) is 22.6 Å². The summed E-state index contributed by atoms with van der Waals surface area (Å²) in [5.41, 5.74) is 1.04. The minimum atomic E-state index is -0.982. The van der Waals surface area contributed by atoms with Crippen LogP contribution in [-0.4, -0.2) is 36.7 Å². The average Bonchev–Trinajstić information content (AvgIpc) is 3.22. The van der Waals surface area contributed by atoms with Crippen LogP contribution in [0.2, 0.25) is 0 Å². The van der Waals surface area contributed by atoms with Crippen molar-refractivity contribution >= 4 is 11.9 Å². The minimum absolute atomic E-state index is 0.000814. The first-order valence-electron chi connectivity index (χ1n) is 9.49. The van der Waals surface area contributed by atoms with Crippen molar-refractivity contribution in [1.29, 1.82) is 0 Å². The number of hydrogen-bond acceptors (Lipinski definition) is 4. The highest BCUT2D eigenvalue weighted by Crippen LogP contribution is 2.32. The number of benzene rings is 2. The number of carbonyl (C=O) groups excluding carboxylic acids is 1. The molecule has 1 amide bonds. The molecule has 1 aliphatic rings. The van der Waals surface area contributed by atoms with Gasteiger partial charge in [-0.25, -0.2) is 0 Å². The molecule has 1 fully saturated rings. The summed E-state index contributed by atoms with van der Waals surface area (Å²) in [6, 6.07) is 13.9. The van der Waals surface area contributed by atoms with E-state index in [1.807, 2.05) is 6.07 Å². The molecule has 0 aliphatic heterocycles. The Morgan fingerprint density at radius 2 is 1.82 bits per heavy atom. The number of methoxy groups -OCH3 is 1. The minimum Gasteiger partial charge on any atom is -0.493 e. The summed E-state index contributed by atoms with van der Waals surface area (Å²) in [6.45, 7) is 0.000814. The van der Waals surface area contributed by atoms with Crippen molar-refractivity contribution in [3.05, 3.63) is 59.7 Å². The van der Waals surface area contributed by atoms with E-state index in [1.165, 1.54) is 20.0 Å². The second-order valence-electron chi connectivity index (χ2n) is 6.90. The van der Waals surface area contributed by atoms with Gasteiger partial charge in [-0.3, -0.25) is 9.59 Å². The van der Waals surface area contributed by atoms with Gasteiger partial charge >= 0.3 is 5.97 Å². The SMILES string of the molecule is COc1cc(C(=O)NCC(C(=O)O)c2ccccc2)ccc1OC1CCCC1. The fraction of sp³-hybridized carbons (Fsp3) is 0.364. The monoisotopic (exact) mass is 383 g/mol. The second-order valence-corrected chi connectivity index (χ2v) is 6.90. The Labute approximate surface area is 164 Å². The zero-order valence-electron chi connectivity index (χ0n) is 15.9. The van der Waals surface area contributed by atoms with Gasteiger partial charge in [0.2, 0.25) is 0 Å². The molecule has 0 spiro atoms. The van der Waals surface area contributed by atoms with E-state index < -0.39 is 11.9 Å². The molecule has 6 nitrogen and oxygen atoms in total. The topological polar surface area (TPSA) is 84.9 Å². The van der Waals surface area contributed by atoms with Crippen LogP contribution < -0.4 is 14.8 Å². The van der Waals surface area contributed by atoms with Crippen LogP contribution >= 0.6 is 0 Å². The first-order valence-corrected chi connectivity index (χ1v) is 9.49. The van der Waals surface area contributed by atoms with Crippen LogP contribution in [0.5, 0.6) is 11.5 Å². The number of rotatable bonds is 8. The summed E-state index contributed by atoms with van der Waals surface area (Å²) in [7, 11) is 1.54. The normalized spacial score (nSPS) is 15.0. The molecule has 2 N–H and O–H groups in total. The lowest BCUT2D eigenvalue weighted by Crippen LogP contribution is -2.31. The number of amides is 1. The van der Waals surface area contributed by atoms with Crippen LogP contribution in [0, 0.1) is 0 Å². The van der Waals surface area contributed by atoms with Gasteiger partial charge in [0, 0.05) is 12.1 Å². The molecule has 1 unspecified atom stereocenters. The Bertz CT molecular complexity index is 815. The van der Waals surface area contributed by atoms with Crippen molar-refractivity contribution < 1.29 is 24.2 Å². The van der Waals surface area contributed by atoms with E-state index in [1.54, 1.807) is 42.5 Å². The highest BCUT2D eigenvalue weighted by Gasteiger charge is 2.22. The summed E-state index contributed by atoms with van der Waals surface area (Å²) in [4.78, 5) is 24.1. The molecule has 0 bridgehead atoms. The maximum atomic E-state index is 12.5. The van der Waals surface area contributed by atoms with Crippen LogP contribution in [0.15, 0.2) is 48.5 Å². The summed E-state index contributed by atoms with van der Waals surface area (Å²) in [5.74, 6) is -1.02. The number of carboxylic acid groups (broad SMARTS) is 1. The summed E-state index contributed by atoms with van der Waals surface area (Å²) >= 11 is 0. The van der Waals surface area contributed by atoms with Crippen molar-refractivity contribution in [3.63, 3.8) is 0 Å². The van der Waals surface area contributed by atoms with E-state index in [0.717, 1.165) is 12.8 Å². The molecule has 1 saturated carbocycles. The molecule has 0 heterocycles. The largest absolute Gasteiger partial charge is 0.493 e. The summed E-state index contributed by atoms with van der Waals surface area (Å²) in [5, 5.41) is 12.2. The number of carbonyl (C=O) groups is 2. The molecule has 0 saturated heterocycles. The predicted octanol–water partition coefficient (Wildman–Crippen LogP) is 3.61. The van der Waals surface area contributed by atoms with Gasteiger partial charge in [0.25, 0.3) is 5.91 Å². The van der Waals surface area contributed by atoms with Crippen molar-refractivity contribution in [1.82, 2.24) is 5.32 Å². The lowest BCUT2D eigenvalue weighted by atomic mass is 9.99. The van der Waals surface area contributed by atoms with Crippen molar-refractivity contribution in [2.75, 3.05) is 13.7 Å².